The number of hydrogen-bond donors (Lipinski definition) is 2. The van der Waals surface area contributed by atoms with Crippen molar-refractivity contribution in [1.29, 1.82) is 0 Å². The molecule has 2 aliphatic heterocycles. The molecular formula is C14H18O5. The van der Waals surface area contributed by atoms with E-state index in [0.717, 1.165) is 0 Å². The molecule has 0 aromatic heterocycles. The summed E-state index contributed by atoms with van der Waals surface area (Å²) in [6.07, 6.45) is 2.20. The van der Waals surface area contributed by atoms with Crippen LogP contribution in [0.25, 0.3) is 0 Å². The highest BCUT2D eigenvalue weighted by molar-refractivity contribution is 6.01. The molecule has 5 atom stereocenters. The van der Waals surface area contributed by atoms with Crippen LogP contribution in [0.4, 0.5) is 0 Å². The van der Waals surface area contributed by atoms with Gasteiger partial charge in [0, 0.05) is 17.9 Å². The standard InChI is InChI=1S/C14H18O5/c1-7-4-8-5-10(15)12-6-9(12)11(2,3)19-14(12,17)13(8,16)18-7/h5,7,9,16-17H,4,6H2,1-3H3/t7-,9-,12-,13-,14-/m0/s1. The summed E-state index contributed by atoms with van der Waals surface area (Å²) in [6.45, 7) is 5.50. The average molecular weight is 266 g/mol. The lowest BCUT2D eigenvalue weighted by atomic mass is 9.74. The molecule has 1 spiro atoms. The smallest absolute Gasteiger partial charge is 0.246 e. The van der Waals surface area contributed by atoms with Gasteiger partial charge in [0.15, 0.2) is 5.78 Å². The Morgan fingerprint density at radius 2 is 2.05 bits per heavy atom. The third-order valence-corrected chi connectivity index (χ3v) is 5.33. The van der Waals surface area contributed by atoms with Gasteiger partial charge in [-0.15, -0.1) is 0 Å². The van der Waals surface area contributed by atoms with E-state index in [9.17, 15) is 15.0 Å². The first kappa shape index (κ1) is 12.0. The van der Waals surface area contributed by atoms with Gasteiger partial charge in [0.05, 0.1) is 17.1 Å². The Morgan fingerprint density at radius 3 is 2.68 bits per heavy atom. The third kappa shape index (κ3) is 1.00. The quantitative estimate of drug-likeness (QED) is 0.667. The summed E-state index contributed by atoms with van der Waals surface area (Å²) in [5.41, 5.74) is -1.24. The van der Waals surface area contributed by atoms with E-state index in [0.29, 0.717) is 18.4 Å². The number of hydrogen-bond acceptors (Lipinski definition) is 5. The molecule has 5 heteroatoms. The fourth-order valence-electron chi connectivity index (χ4n) is 4.43. The summed E-state index contributed by atoms with van der Waals surface area (Å²) in [5, 5.41) is 21.8. The molecule has 0 aromatic carbocycles. The van der Waals surface area contributed by atoms with Crippen LogP contribution in [-0.4, -0.2) is 39.3 Å². The van der Waals surface area contributed by atoms with E-state index in [2.05, 4.69) is 0 Å². The van der Waals surface area contributed by atoms with Gasteiger partial charge < -0.3 is 19.7 Å². The first-order valence-corrected chi connectivity index (χ1v) is 6.76. The van der Waals surface area contributed by atoms with Crippen molar-refractivity contribution in [3.63, 3.8) is 0 Å². The summed E-state index contributed by atoms with van der Waals surface area (Å²) >= 11 is 0. The highest BCUT2D eigenvalue weighted by Gasteiger charge is 2.88. The van der Waals surface area contributed by atoms with Crippen LogP contribution >= 0.6 is 0 Å². The lowest BCUT2D eigenvalue weighted by molar-refractivity contribution is -0.387. The second-order valence-corrected chi connectivity index (χ2v) is 6.89. The van der Waals surface area contributed by atoms with Gasteiger partial charge in [-0.2, -0.15) is 0 Å². The third-order valence-electron chi connectivity index (χ3n) is 5.33. The Labute approximate surface area is 111 Å². The van der Waals surface area contributed by atoms with E-state index in [1.807, 2.05) is 20.8 Å². The van der Waals surface area contributed by atoms with E-state index < -0.39 is 22.6 Å². The lowest BCUT2D eigenvalue weighted by Gasteiger charge is -2.46. The zero-order valence-electron chi connectivity index (χ0n) is 11.3. The molecule has 2 saturated heterocycles. The van der Waals surface area contributed by atoms with Crippen LogP contribution in [0.3, 0.4) is 0 Å². The number of rotatable bonds is 0. The van der Waals surface area contributed by atoms with E-state index in [4.69, 9.17) is 9.47 Å². The molecule has 0 amide bonds. The van der Waals surface area contributed by atoms with Crippen molar-refractivity contribution in [2.75, 3.05) is 0 Å². The van der Waals surface area contributed by atoms with Gasteiger partial charge in [-0.05, 0) is 33.3 Å². The van der Waals surface area contributed by atoms with Crippen molar-refractivity contribution in [3.8, 4) is 0 Å². The van der Waals surface area contributed by atoms with Crippen molar-refractivity contribution in [1.82, 2.24) is 0 Å². The number of ketones is 1. The van der Waals surface area contributed by atoms with Crippen molar-refractivity contribution >= 4 is 5.78 Å². The summed E-state index contributed by atoms with van der Waals surface area (Å²) in [6, 6.07) is 0. The molecule has 4 aliphatic rings. The van der Waals surface area contributed by atoms with Gasteiger partial charge in [0.25, 0.3) is 0 Å². The monoisotopic (exact) mass is 266 g/mol. The predicted octanol–water partition coefficient (Wildman–Crippen LogP) is 0.497. The summed E-state index contributed by atoms with van der Waals surface area (Å²) in [4.78, 5) is 12.4. The molecule has 0 unspecified atom stereocenters. The molecule has 2 N–H and O–H groups in total. The van der Waals surface area contributed by atoms with Gasteiger partial charge in [0.1, 0.15) is 0 Å². The molecule has 2 aliphatic carbocycles. The van der Waals surface area contributed by atoms with E-state index >= 15 is 0 Å². The maximum Gasteiger partial charge on any atom is 0.246 e. The molecular weight excluding hydrogens is 248 g/mol. The molecule has 104 valence electrons. The highest BCUT2D eigenvalue weighted by atomic mass is 16.7. The molecule has 1 saturated carbocycles. The molecule has 0 aromatic rings. The molecule has 5 nitrogen and oxygen atoms in total. The Balaban J connectivity index is 1.94. The lowest BCUT2D eigenvalue weighted by Crippen LogP contribution is -2.65. The van der Waals surface area contributed by atoms with Crippen molar-refractivity contribution in [2.24, 2.45) is 11.3 Å². The number of aliphatic hydroxyl groups is 2. The Bertz CT molecular complexity index is 538. The summed E-state index contributed by atoms with van der Waals surface area (Å²) in [5.74, 6) is -4.05. The topological polar surface area (TPSA) is 76.0 Å². The van der Waals surface area contributed by atoms with Gasteiger partial charge in [-0.1, -0.05) is 0 Å². The van der Waals surface area contributed by atoms with Crippen LogP contribution in [0.5, 0.6) is 0 Å². The fourth-order valence-corrected chi connectivity index (χ4v) is 4.43. The molecule has 0 radical (unpaired) electrons. The van der Waals surface area contributed by atoms with Gasteiger partial charge in [-0.25, -0.2) is 0 Å². The van der Waals surface area contributed by atoms with Crippen LogP contribution in [0.15, 0.2) is 11.6 Å². The van der Waals surface area contributed by atoms with Crippen LogP contribution in [0, 0.1) is 11.3 Å². The largest absolute Gasteiger partial charge is 0.360 e. The minimum atomic E-state index is -1.96. The zero-order valence-corrected chi connectivity index (χ0v) is 11.3. The minimum Gasteiger partial charge on any atom is -0.360 e. The number of ether oxygens (including phenoxy) is 2. The maximum atomic E-state index is 12.4. The zero-order chi connectivity index (χ0) is 13.8. The first-order chi connectivity index (χ1) is 8.67. The maximum absolute atomic E-state index is 12.4. The molecule has 4 rings (SSSR count). The van der Waals surface area contributed by atoms with Crippen molar-refractivity contribution in [2.45, 2.75) is 56.9 Å². The number of carbonyl (C=O) groups excluding carboxylic acids is 1. The number of carbonyl (C=O) groups is 1. The van der Waals surface area contributed by atoms with Crippen molar-refractivity contribution in [3.05, 3.63) is 11.6 Å². The molecule has 3 fully saturated rings. The second kappa shape index (κ2) is 2.81. The first-order valence-electron chi connectivity index (χ1n) is 6.76. The Hall–Kier alpha value is -0.750. The van der Waals surface area contributed by atoms with Gasteiger partial charge in [0.2, 0.25) is 11.6 Å². The van der Waals surface area contributed by atoms with E-state index in [1.54, 1.807) is 0 Å². The number of fused-ring (bicyclic) bond motifs is 2. The SMILES string of the molecule is C[C@H]1CC2=CC(=O)[C@]34C[C@H]3C(C)(C)O[C@]4(O)[C@@]2(O)O1. The minimum absolute atomic E-state index is 0.0705. The van der Waals surface area contributed by atoms with Crippen LogP contribution in [-0.2, 0) is 14.3 Å². The average Bonchev–Trinajstić information content (AvgIpc) is 2.91. The fraction of sp³-hybridized carbons (Fsp3) is 0.786. The Morgan fingerprint density at radius 1 is 1.37 bits per heavy atom. The second-order valence-electron chi connectivity index (χ2n) is 6.89. The number of allylic oxidation sites excluding steroid dienone is 1. The van der Waals surface area contributed by atoms with E-state index in [-0.39, 0.29) is 17.8 Å². The van der Waals surface area contributed by atoms with Gasteiger partial charge in [-0.3, -0.25) is 4.79 Å². The molecule has 19 heavy (non-hydrogen) atoms. The van der Waals surface area contributed by atoms with E-state index in [1.165, 1.54) is 6.08 Å². The molecule has 2 heterocycles. The normalized spacial score (nSPS) is 57.3. The summed E-state index contributed by atoms with van der Waals surface area (Å²) < 4.78 is 11.3. The van der Waals surface area contributed by atoms with Crippen molar-refractivity contribution < 1.29 is 24.5 Å². The Kier molecular flexibility index (Phi) is 1.78. The van der Waals surface area contributed by atoms with Crippen LogP contribution < -0.4 is 0 Å². The van der Waals surface area contributed by atoms with Crippen LogP contribution in [0.2, 0.25) is 0 Å². The molecule has 0 bridgehead atoms. The summed E-state index contributed by atoms with van der Waals surface area (Å²) in [7, 11) is 0. The predicted molar refractivity (Wildman–Crippen MR) is 63.9 cm³/mol. The van der Waals surface area contributed by atoms with Gasteiger partial charge >= 0.3 is 0 Å². The highest BCUT2D eigenvalue weighted by Crippen LogP contribution is 2.76. The van der Waals surface area contributed by atoms with Crippen LogP contribution in [0.1, 0.15) is 33.6 Å².